The molecule has 38 heavy (non-hydrogen) atoms. The molecule has 1 aromatic heterocycles. The Kier molecular flexibility index (Phi) is 8.45. The van der Waals surface area contributed by atoms with Crippen LogP contribution in [0.15, 0.2) is 53.1 Å². The Morgan fingerprint density at radius 1 is 1.16 bits per heavy atom. The van der Waals surface area contributed by atoms with E-state index in [1.165, 1.54) is 54.5 Å². The molecular formula is C27H27BrF2N4O4. The van der Waals surface area contributed by atoms with Gasteiger partial charge in [-0.2, -0.15) is 0 Å². The van der Waals surface area contributed by atoms with Gasteiger partial charge >= 0.3 is 6.09 Å². The van der Waals surface area contributed by atoms with Crippen molar-refractivity contribution in [3.8, 4) is 0 Å². The minimum Gasteiger partial charge on any atom is -0.453 e. The molecule has 2 heterocycles. The maximum absolute atomic E-state index is 13.7. The number of rotatable bonds is 7. The monoisotopic (exact) mass is 588 g/mol. The second kappa shape index (κ2) is 11.8. The highest BCUT2D eigenvalue weighted by molar-refractivity contribution is 9.10. The number of methoxy groups -OCH3 is 1. The predicted octanol–water partition coefficient (Wildman–Crippen LogP) is 4.30. The van der Waals surface area contributed by atoms with Gasteiger partial charge < -0.3 is 25.3 Å². The quantitative estimate of drug-likeness (QED) is 0.358. The summed E-state index contributed by atoms with van der Waals surface area (Å²) in [6, 6.07) is 8.82. The Hall–Kier alpha value is -3.73. The largest absolute Gasteiger partial charge is 0.453 e. The predicted molar refractivity (Wildman–Crippen MR) is 142 cm³/mol. The third-order valence-corrected chi connectivity index (χ3v) is 7.23. The van der Waals surface area contributed by atoms with E-state index in [-0.39, 0.29) is 48.7 Å². The van der Waals surface area contributed by atoms with E-state index in [2.05, 4.69) is 31.5 Å². The number of hydrogen-bond donors (Lipinski definition) is 3. The number of benzene rings is 2. The van der Waals surface area contributed by atoms with Crippen LogP contribution in [0.25, 0.3) is 17.0 Å². The fourth-order valence-corrected chi connectivity index (χ4v) is 4.91. The first-order valence-electron chi connectivity index (χ1n) is 12.0. The number of carbonyl (C=O) groups is 3. The molecule has 4 rings (SSSR count). The molecule has 2 aromatic carbocycles. The zero-order chi connectivity index (χ0) is 27.3. The van der Waals surface area contributed by atoms with Crippen molar-refractivity contribution >= 4 is 50.8 Å². The van der Waals surface area contributed by atoms with Crippen molar-refractivity contribution in [3.05, 3.63) is 75.9 Å². The number of ether oxygens (including phenoxy) is 1. The number of piperidine rings is 1. The Bertz CT molecular complexity index is 1380. The molecular weight excluding hydrogens is 562 g/mol. The topological polar surface area (TPSA) is 104 Å². The highest BCUT2D eigenvalue weighted by Crippen LogP contribution is 2.25. The average molecular weight is 589 g/mol. The Morgan fingerprint density at radius 2 is 1.92 bits per heavy atom. The lowest BCUT2D eigenvalue weighted by Gasteiger charge is -2.40. The van der Waals surface area contributed by atoms with Crippen LogP contribution in [0.1, 0.15) is 24.0 Å². The highest BCUT2D eigenvalue weighted by atomic mass is 79.9. The number of likely N-dealkylation sites (tertiary alicyclic amines) is 1. The van der Waals surface area contributed by atoms with E-state index < -0.39 is 23.4 Å². The van der Waals surface area contributed by atoms with Gasteiger partial charge in [-0.15, -0.1) is 0 Å². The van der Waals surface area contributed by atoms with Crippen LogP contribution in [0, 0.1) is 11.6 Å². The fourth-order valence-electron chi connectivity index (χ4n) is 4.51. The first-order chi connectivity index (χ1) is 18.2. The van der Waals surface area contributed by atoms with Gasteiger partial charge in [-0.25, -0.2) is 13.6 Å². The zero-order valence-electron chi connectivity index (χ0n) is 20.7. The summed E-state index contributed by atoms with van der Waals surface area (Å²) in [6.07, 6.45) is 4.90. The first-order valence-corrected chi connectivity index (χ1v) is 12.8. The van der Waals surface area contributed by atoms with Gasteiger partial charge in [0.1, 0.15) is 17.2 Å². The van der Waals surface area contributed by atoms with Gasteiger partial charge in [-0.3, -0.25) is 9.59 Å². The van der Waals surface area contributed by atoms with Crippen molar-refractivity contribution < 1.29 is 27.9 Å². The minimum absolute atomic E-state index is 0.188. The average Bonchev–Trinajstić information content (AvgIpc) is 3.31. The molecule has 0 aliphatic carbocycles. The molecule has 0 saturated carbocycles. The third kappa shape index (κ3) is 6.21. The number of aromatic nitrogens is 1. The van der Waals surface area contributed by atoms with Crippen LogP contribution >= 0.6 is 15.9 Å². The summed E-state index contributed by atoms with van der Waals surface area (Å²) >= 11 is 3.11. The van der Waals surface area contributed by atoms with E-state index in [1.54, 1.807) is 12.3 Å². The molecule has 200 valence electrons. The number of fused-ring (bicyclic) bond motifs is 1. The molecule has 0 bridgehead atoms. The summed E-state index contributed by atoms with van der Waals surface area (Å²) in [5.41, 5.74) is 1.00. The Morgan fingerprint density at radius 3 is 2.63 bits per heavy atom. The van der Waals surface area contributed by atoms with Gasteiger partial charge in [0.05, 0.1) is 11.6 Å². The van der Waals surface area contributed by atoms with E-state index >= 15 is 0 Å². The van der Waals surface area contributed by atoms with Crippen molar-refractivity contribution in [2.75, 3.05) is 26.7 Å². The number of H-pyrrole nitrogens is 1. The molecule has 1 fully saturated rings. The SMILES string of the molecule is COC(=O)N1CCC(NC(=O)/C=C/c2ccc(F)c(Br)c2)(C(=O)NCCc2c[nH]c3ccc(F)cc23)CC1. The molecule has 0 atom stereocenters. The summed E-state index contributed by atoms with van der Waals surface area (Å²) in [6.45, 7) is 0.702. The number of amides is 3. The van der Waals surface area contributed by atoms with Crippen LogP contribution < -0.4 is 10.6 Å². The Balaban J connectivity index is 1.45. The lowest BCUT2D eigenvalue weighted by molar-refractivity contribution is -0.134. The van der Waals surface area contributed by atoms with Crippen molar-refractivity contribution in [3.63, 3.8) is 0 Å². The summed E-state index contributed by atoms with van der Waals surface area (Å²) in [5, 5.41) is 6.46. The van der Waals surface area contributed by atoms with Crippen molar-refractivity contribution in [2.24, 2.45) is 0 Å². The standard InChI is InChI=1S/C27H27BrF2N4O4/c1-38-26(37)34-12-9-27(10-13-34,33-24(35)7-3-17-2-5-22(30)21(28)14-17)25(36)31-11-8-18-16-32-23-6-4-19(29)15-20(18)23/h2-7,14-16,32H,8-13H2,1H3,(H,31,36)(H,33,35)/b7-3+. The van der Waals surface area contributed by atoms with Gasteiger partial charge in [-0.05, 0) is 82.7 Å². The van der Waals surface area contributed by atoms with E-state index in [0.717, 1.165) is 16.5 Å². The first kappa shape index (κ1) is 27.3. The molecule has 3 N–H and O–H groups in total. The molecule has 1 saturated heterocycles. The number of nitrogens with one attached hydrogen (secondary N) is 3. The van der Waals surface area contributed by atoms with Crippen LogP contribution in [0.3, 0.4) is 0 Å². The lowest BCUT2D eigenvalue weighted by Crippen LogP contribution is -2.63. The van der Waals surface area contributed by atoms with Gasteiger partial charge in [-0.1, -0.05) is 6.07 Å². The van der Waals surface area contributed by atoms with Crippen molar-refractivity contribution in [1.29, 1.82) is 0 Å². The number of hydrogen-bond acceptors (Lipinski definition) is 4. The van der Waals surface area contributed by atoms with Gasteiger partial charge in [0.15, 0.2) is 0 Å². The minimum atomic E-state index is -1.25. The maximum Gasteiger partial charge on any atom is 0.409 e. The number of halogens is 3. The van der Waals surface area contributed by atoms with Crippen LogP contribution in [-0.4, -0.2) is 60.1 Å². The van der Waals surface area contributed by atoms with Crippen LogP contribution in [0.2, 0.25) is 0 Å². The summed E-state index contributed by atoms with van der Waals surface area (Å²) in [5.74, 6) is -1.64. The normalized spacial score (nSPS) is 15.0. The van der Waals surface area contributed by atoms with Crippen LogP contribution in [0.4, 0.5) is 13.6 Å². The molecule has 3 aromatic rings. The van der Waals surface area contributed by atoms with Crippen LogP contribution in [-0.2, 0) is 20.7 Å². The van der Waals surface area contributed by atoms with Crippen molar-refractivity contribution in [2.45, 2.75) is 24.8 Å². The second-order valence-corrected chi connectivity index (χ2v) is 9.90. The summed E-state index contributed by atoms with van der Waals surface area (Å²) < 4.78 is 32.2. The Labute approximate surface area is 226 Å². The summed E-state index contributed by atoms with van der Waals surface area (Å²) in [4.78, 5) is 42.8. The zero-order valence-corrected chi connectivity index (χ0v) is 22.2. The maximum atomic E-state index is 13.7. The van der Waals surface area contributed by atoms with E-state index in [1.807, 2.05) is 0 Å². The van der Waals surface area contributed by atoms with E-state index in [4.69, 9.17) is 4.74 Å². The van der Waals surface area contributed by atoms with E-state index in [9.17, 15) is 23.2 Å². The fraction of sp³-hybridized carbons (Fsp3) is 0.296. The summed E-state index contributed by atoms with van der Waals surface area (Å²) in [7, 11) is 1.29. The molecule has 0 unspecified atom stereocenters. The van der Waals surface area contributed by atoms with Gasteiger partial charge in [0.25, 0.3) is 0 Å². The number of aromatic amines is 1. The number of nitrogens with zero attached hydrogens (tertiary/aromatic N) is 1. The molecule has 1 aliphatic heterocycles. The van der Waals surface area contributed by atoms with Crippen LogP contribution in [0.5, 0.6) is 0 Å². The molecule has 11 heteroatoms. The molecule has 0 spiro atoms. The molecule has 1 aliphatic rings. The van der Waals surface area contributed by atoms with Gasteiger partial charge in [0.2, 0.25) is 11.8 Å². The van der Waals surface area contributed by atoms with Crippen molar-refractivity contribution in [1.82, 2.24) is 20.5 Å². The molecule has 3 amide bonds. The van der Waals surface area contributed by atoms with Gasteiger partial charge in [0, 0.05) is 42.8 Å². The molecule has 0 radical (unpaired) electrons. The highest BCUT2D eigenvalue weighted by Gasteiger charge is 2.43. The molecule has 8 nitrogen and oxygen atoms in total. The second-order valence-electron chi connectivity index (χ2n) is 9.05. The number of carbonyl (C=O) groups excluding carboxylic acids is 3. The lowest BCUT2D eigenvalue weighted by atomic mass is 9.86. The smallest absolute Gasteiger partial charge is 0.409 e. The van der Waals surface area contributed by atoms with E-state index in [0.29, 0.717) is 12.0 Å². The third-order valence-electron chi connectivity index (χ3n) is 6.63.